The molecule has 0 spiro atoms. The minimum Gasteiger partial charge on any atom is -0.368 e. The Kier molecular flexibility index (Phi) is 7.50. The number of aromatic nitrogens is 4. The Morgan fingerprint density at radius 2 is 1.70 bits per heavy atom. The first-order valence-electron chi connectivity index (χ1n) is 11.5. The van der Waals surface area contributed by atoms with Crippen molar-refractivity contribution in [3.05, 3.63) is 65.0 Å². The molecular weight excluding hydrogens is 511 g/mol. The Bertz CT molecular complexity index is 1370. The average Bonchev–Trinajstić information content (AvgIpc) is 3.26. The molecule has 2 N–H and O–H groups in total. The van der Waals surface area contributed by atoms with Crippen LogP contribution in [0.5, 0.6) is 0 Å². The Balaban J connectivity index is 1.37. The average molecular weight is 538 g/mol. The molecule has 0 radical (unpaired) electrons. The number of carbonyl (C=O) groups is 1. The number of carbonyl (C=O) groups excluding carboxylic acids is 1. The fraction of sp³-hybridized carbons (Fsp3) is 0.391. The summed E-state index contributed by atoms with van der Waals surface area (Å²) in [6, 6.07) is 9.73. The summed E-state index contributed by atoms with van der Waals surface area (Å²) in [5.74, 6) is 0.313. The highest BCUT2D eigenvalue weighted by Gasteiger charge is 2.31. The standard InChI is InChI=1S/C23H26F3N7O3S/c1-16-28-30-33(29-16)15-18-14-19(23(24,25)26)4-2-17(18)3-9-22(34)32-12-10-31(11-13-32)20-5-7-21(8-6-20)37(27,35)36/h2,4-8,14H,3,9-13,15H2,1H3,(H2,27,35,36). The highest BCUT2D eigenvalue weighted by atomic mass is 32.2. The number of nitrogens with two attached hydrogens (primary N) is 1. The molecule has 198 valence electrons. The van der Waals surface area contributed by atoms with Crippen LogP contribution in [0.25, 0.3) is 0 Å². The molecule has 1 fully saturated rings. The topological polar surface area (TPSA) is 127 Å². The first-order chi connectivity index (χ1) is 17.4. The summed E-state index contributed by atoms with van der Waals surface area (Å²) < 4.78 is 62.7. The van der Waals surface area contributed by atoms with Crippen LogP contribution in [-0.4, -0.2) is 65.6 Å². The molecule has 0 saturated carbocycles. The molecule has 3 aromatic rings. The summed E-state index contributed by atoms with van der Waals surface area (Å²) in [6.07, 6.45) is -4.08. The summed E-state index contributed by atoms with van der Waals surface area (Å²) >= 11 is 0. The number of piperazine rings is 1. The monoisotopic (exact) mass is 537 g/mol. The third-order valence-electron chi connectivity index (χ3n) is 6.17. The van der Waals surface area contributed by atoms with Crippen molar-refractivity contribution in [3.8, 4) is 0 Å². The fourth-order valence-corrected chi connectivity index (χ4v) is 4.71. The Hall–Kier alpha value is -3.52. The van der Waals surface area contributed by atoms with Gasteiger partial charge in [-0.3, -0.25) is 4.79 Å². The van der Waals surface area contributed by atoms with Gasteiger partial charge in [0.05, 0.1) is 17.0 Å². The number of anilines is 1. The second-order valence-electron chi connectivity index (χ2n) is 8.76. The lowest BCUT2D eigenvalue weighted by Crippen LogP contribution is -2.48. The number of primary sulfonamides is 1. The van der Waals surface area contributed by atoms with E-state index in [1.165, 1.54) is 23.0 Å². The van der Waals surface area contributed by atoms with Gasteiger partial charge in [0.1, 0.15) is 0 Å². The molecule has 2 heterocycles. The highest BCUT2D eigenvalue weighted by Crippen LogP contribution is 2.31. The lowest BCUT2D eigenvalue weighted by molar-refractivity contribution is -0.137. The van der Waals surface area contributed by atoms with E-state index in [9.17, 15) is 26.4 Å². The summed E-state index contributed by atoms with van der Waals surface area (Å²) in [7, 11) is -3.77. The molecule has 1 aliphatic heterocycles. The van der Waals surface area contributed by atoms with Crippen molar-refractivity contribution in [1.82, 2.24) is 25.1 Å². The molecule has 0 atom stereocenters. The number of hydrogen-bond donors (Lipinski definition) is 1. The molecule has 1 aliphatic rings. The Labute approximate surface area is 211 Å². The van der Waals surface area contributed by atoms with Crippen LogP contribution < -0.4 is 10.0 Å². The zero-order valence-corrected chi connectivity index (χ0v) is 20.8. The van der Waals surface area contributed by atoms with E-state index < -0.39 is 21.8 Å². The molecule has 14 heteroatoms. The number of aryl methyl sites for hydroxylation is 2. The number of sulfonamides is 1. The van der Waals surface area contributed by atoms with E-state index in [-0.39, 0.29) is 30.2 Å². The first kappa shape index (κ1) is 26.5. The number of benzene rings is 2. The van der Waals surface area contributed by atoms with E-state index in [0.717, 1.165) is 17.8 Å². The maximum atomic E-state index is 13.3. The lowest BCUT2D eigenvalue weighted by Gasteiger charge is -2.36. The van der Waals surface area contributed by atoms with Gasteiger partial charge in [0, 0.05) is 38.3 Å². The van der Waals surface area contributed by atoms with Crippen LogP contribution in [-0.2, 0) is 34.0 Å². The second kappa shape index (κ2) is 10.5. The van der Waals surface area contributed by atoms with Gasteiger partial charge in [0.2, 0.25) is 15.9 Å². The number of amides is 1. The third-order valence-corrected chi connectivity index (χ3v) is 7.10. The quantitative estimate of drug-likeness (QED) is 0.488. The molecule has 2 aromatic carbocycles. The van der Waals surface area contributed by atoms with Crippen LogP contribution in [0, 0.1) is 6.92 Å². The van der Waals surface area contributed by atoms with Gasteiger partial charge in [-0.2, -0.15) is 18.0 Å². The van der Waals surface area contributed by atoms with Crippen molar-refractivity contribution in [2.75, 3.05) is 31.1 Å². The SMILES string of the molecule is Cc1nnn(Cc2cc(C(F)(F)F)ccc2CCC(=O)N2CCN(c3ccc(S(N)(=O)=O)cc3)CC2)n1. The normalized spacial score (nSPS) is 14.7. The van der Waals surface area contributed by atoms with Crippen LogP contribution in [0.15, 0.2) is 47.4 Å². The van der Waals surface area contributed by atoms with Crippen LogP contribution >= 0.6 is 0 Å². The van der Waals surface area contributed by atoms with Gasteiger partial charge in [-0.1, -0.05) is 6.07 Å². The minimum absolute atomic E-state index is 0.0111. The number of alkyl halides is 3. The molecule has 1 amide bonds. The largest absolute Gasteiger partial charge is 0.416 e. The van der Waals surface area contributed by atoms with Gasteiger partial charge in [-0.05, 0) is 66.1 Å². The Morgan fingerprint density at radius 1 is 1.03 bits per heavy atom. The van der Waals surface area contributed by atoms with Crippen molar-refractivity contribution < 1.29 is 26.4 Å². The zero-order chi connectivity index (χ0) is 26.8. The van der Waals surface area contributed by atoms with E-state index >= 15 is 0 Å². The van der Waals surface area contributed by atoms with Gasteiger partial charge < -0.3 is 9.80 Å². The van der Waals surface area contributed by atoms with Gasteiger partial charge in [-0.15, -0.1) is 10.2 Å². The van der Waals surface area contributed by atoms with E-state index in [0.29, 0.717) is 43.1 Å². The van der Waals surface area contributed by atoms with E-state index in [4.69, 9.17) is 5.14 Å². The molecule has 1 aromatic heterocycles. The van der Waals surface area contributed by atoms with Crippen LogP contribution in [0.4, 0.5) is 18.9 Å². The van der Waals surface area contributed by atoms with Crippen LogP contribution in [0.3, 0.4) is 0 Å². The molecular formula is C23H26F3N7O3S. The van der Waals surface area contributed by atoms with E-state index in [1.807, 2.05) is 4.90 Å². The third kappa shape index (κ3) is 6.63. The van der Waals surface area contributed by atoms with Crippen LogP contribution in [0.1, 0.15) is 28.9 Å². The summed E-state index contributed by atoms with van der Waals surface area (Å²) in [4.78, 5) is 17.9. The smallest absolute Gasteiger partial charge is 0.368 e. The summed E-state index contributed by atoms with van der Waals surface area (Å²) in [5, 5.41) is 16.8. The maximum Gasteiger partial charge on any atom is 0.416 e. The van der Waals surface area contributed by atoms with Gasteiger partial charge >= 0.3 is 6.18 Å². The highest BCUT2D eigenvalue weighted by molar-refractivity contribution is 7.89. The number of halogens is 3. The van der Waals surface area contributed by atoms with Crippen molar-refractivity contribution in [1.29, 1.82) is 0 Å². The zero-order valence-electron chi connectivity index (χ0n) is 20.0. The number of rotatable bonds is 7. The van der Waals surface area contributed by atoms with Crippen molar-refractivity contribution in [2.45, 2.75) is 37.4 Å². The molecule has 0 aliphatic carbocycles. The van der Waals surface area contributed by atoms with Gasteiger partial charge in [0.25, 0.3) is 0 Å². The molecule has 1 saturated heterocycles. The summed E-state index contributed by atoms with van der Waals surface area (Å²) in [6.45, 7) is 3.70. The van der Waals surface area contributed by atoms with Gasteiger partial charge in [-0.25, -0.2) is 13.6 Å². The fourth-order valence-electron chi connectivity index (χ4n) is 4.20. The Morgan fingerprint density at radius 3 is 2.27 bits per heavy atom. The van der Waals surface area contributed by atoms with Crippen molar-refractivity contribution >= 4 is 21.6 Å². The first-order valence-corrected chi connectivity index (χ1v) is 13.0. The molecule has 0 unspecified atom stereocenters. The van der Waals surface area contributed by atoms with Crippen molar-refractivity contribution in [3.63, 3.8) is 0 Å². The summed E-state index contributed by atoms with van der Waals surface area (Å²) in [5.41, 5.74) is 1.05. The number of hydrogen-bond acceptors (Lipinski definition) is 7. The van der Waals surface area contributed by atoms with E-state index in [1.54, 1.807) is 24.0 Å². The van der Waals surface area contributed by atoms with E-state index in [2.05, 4.69) is 15.4 Å². The molecule has 10 nitrogen and oxygen atoms in total. The van der Waals surface area contributed by atoms with Gasteiger partial charge in [0.15, 0.2) is 5.82 Å². The lowest BCUT2D eigenvalue weighted by atomic mass is 9.99. The predicted molar refractivity (Wildman–Crippen MR) is 128 cm³/mol. The minimum atomic E-state index is -4.49. The van der Waals surface area contributed by atoms with Crippen LogP contribution in [0.2, 0.25) is 0 Å². The molecule has 37 heavy (non-hydrogen) atoms. The van der Waals surface area contributed by atoms with Crippen molar-refractivity contribution in [2.24, 2.45) is 5.14 Å². The maximum absolute atomic E-state index is 13.3. The molecule has 4 rings (SSSR count). The molecule has 0 bridgehead atoms. The predicted octanol–water partition coefficient (Wildman–Crippen LogP) is 1.98. The number of nitrogens with zero attached hydrogens (tertiary/aromatic N) is 6. The number of tetrazole rings is 1. The second-order valence-corrected chi connectivity index (χ2v) is 10.3.